The third-order valence-electron chi connectivity index (χ3n) is 3.39. The molecule has 0 saturated heterocycles. The maximum absolute atomic E-state index is 12.5. The number of rotatable bonds is 2. The van der Waals surface area contributed by atoms with Gasteiger partial charge >= 0.3 is 0 Å². The molecule has 0 atom stereocenters. The van der Waals surface area contributed by atoms with E-state index in [0.717, 1.165) is 11.1 Å². The van der Waals surface area contributed by atoms with Gasteiger partial charge in [-0.3, -0.25) is 9.59 Å². The Kier molecular flexibility index (Phi) is 3.35. The molecule has 3 rings (SSSR count). The highest BCUT2D eigenvalue weighted by atomic mass is 35.5. The van der Waals surface area contributed by atoms with E-state index in [1.165, 1.54) is 6.20 Å². The number of carbonyl (C=O) groups excluding carboxylic acids is 1. The van der Waals surface area contributed by atoms with Crippen molar-refractivity contribution in [2.75, 3.05) is 0 Å². The fourth-order valence-corrected chi connectivity index (χ4v) is 2.38. The van der Waals surface area contributed by atoms with Crippen LogP contribution in [0.3, 0.4) is 0 Å². The summed E-state index contributed by atoms with van der Waals surface area (Å²) in [6.07, 6.45) is 1.47. The van der Waals surface area contributed by atoms with E-state index in [9.17, 15) is 9.59 Å². The van der Waals surface area contributed by atoms with Crippen LogP contribution in [0.5, 0.6) is 0 Å². The molecule has 0 aliphatic rings. The molecular formula is C17H12ClNO2. The molecular weight excluding hydrogens is 286 g/mol. The molecule has 1 aromatic heterocycles. The Bertz CT molecular complexity index is 895. The predicted octanol–water partition coefficient (Wildman–Crippen LogP) is 3.72. The lowest BCUT2D eigenvalue weighted by molar-refractivity contribution is 0.103. The molecule has 1 heterocycles. The summed E-state index contributed by atoms with van der Waals surface area (Å²) in [6.45, 7) is 1.91. The molecule has 0 spiro atoms. The number of H-pyrrole nitrogens is 1. The smallest absolute Gasteiger partial charge is 0.200 e. The summed E-state index contributed by atoms with van der Waals surface area (Å²) in [5.74, 6) is -0.309. The second-order valence-electron chi connectivity index (χ2n) is 4.92. The number of aryl methyl sites for hydroxylation is 1. The van der Waals surface area contributed by atoms with Crippen LogP contribution >= 0.6 is 11.6 Å². The Balaban J connectivity index is 2.16. The summed E-state index contributed by atoms with van der Waals surface area (Å²) < 4.78 is 0. The lowest BCUT2D eigenvalue weighted by atomic mass is 10.0. The van der Waals surface area contributed by atoms with Gasteiger partial charge in [-0.2, -0.15) is 0 Å². The van der Waals surface area contributed by atoms with Gasteiger partial charge in [0.15, 0.2) is 5.78 Å². The van der Waals surface area contributed by atoms with Crippen LogP contribution in [0.1, 0.15) is 21.5 Å². The van der Waals surface area contributed by atoms with Crippen molar-refractivity contribution in [3.8, 4) is 0 Å². The highest BCUT2D eigenvalue weighted by Crippen LogP contribution is 2.15. The number of fused-ring (bicyclic) bond motifs is 1. The molecule has 0 unspecified atom stereocenters. The predicted molar refractivity (Wildman–Crippen MR) is 84.2 cm³/mol. The first-order valence-electron chi connectivity index (χ1n) is 6.48. The molecule has 2 aromatic carbocycles. The van der Waals surface area contributed by atoms with Crippen LogP contribution in [0.4, 0.5) is 0 Å². The zero-order valence-electron chi connectivity index (χ0n) is 11.3. The molecule has 3 aromatic rings. The number of aromatic nitrogens is 1. The molecule has 0 aliphatic heterocycles. The van der Waals surface area contributed by atoms with Crippen molar-refractivity contribution < 1.29 is 4.79 Å². The fraction of sp³-hybridized carbons (Fsp3) is 0.0588. The highest BCUT2D eigenvalue weighted by Gasteiger charge is 2.15. The topological polar surface area (TPSA) is 49.9 Å². The lowest BCUT2D eigenvalue weighted by Crippen LogP contribution is -2.16. The summed E-state index contributed by atoms with van der Waals surface area (Å²) >= 11 is 5.81. The Morgan fingerprint density at radius 3 is 2.52 bits per heavy atom. The molecule has 1 N–H and O–H groups in total. The van der Waals surface area contributed by atoms with Crippen LogP contribution in [-0.2, 0) is 0 Å². The SMILES string of the molecule is Cc1ccc2[nH]cc(C(=O)c3ccc(Cl)cc3)c(=O)c2c1. The van der Waals surface area contributed by atoms with E-state index in [4.69, 9.17) is 11.6 Å². The molecule has 0 fully saturated rings. The first-order valence-corrected chi connectivity index (χ1v) is 6.86. The third kappa shape index (κ3) is 2.48. The van der Waals surface area contributed by atoms with Gasteiger partial charge in [-0.05, 0) is 43.3 Å². The molecule has 3 nitrogen and oxygen atoms in total. The molecule has 4 heteroatoms. The van der Waals surface area contributed by atoms with Crippen LogP contribution in [-0.4, -0.2) is 10.8 Å². The monoisotopic (exact) mass is 297 g/mol. The Morgan fingerprint density at radius 1 is 1.10 bits per heavy atom. The average molecular weight is 298 g/mol. The highest BCUT2D eigenvalue weighted by molar-refractivity contribution is 6.30. The van der Waals surface area contributed by atoms with Gasteiger partial charge in [0.1, 0.15) is 0 Å². The van der Waals surface area contributed by atoms with Gasteiger partial charge in [0.25, 0.3) is 0 Å². The molecule has 21 heavy (non-hydrogen) atoms. The van der Waals surface area contributed by atoms with Crippen molar-refractivity contribution >= 4 is 28.3 Å². The van der Waals surface area contributed by atoms with E-state index < -0.39 is 0 Å². The van der Waals surface area contributed by atoms with Crippen molar-refractivity contribution in [1.29, 1.82) is 0 Å². The number of ketones is 1. The number of hydrogen-bond donors (Lipinski definition) is 1. The molecule has 0 saturated carbocycles. The van der Waals surface area contributed by atoms with E-state index in [2.05, 4.69) is 4.98 Å². The van der Waals surface area contributed by atoms with Gasteiger partial charge in [0, 0.05) is 27.7 Å². The Morgan fingerprint density at radius 2 is 1.81 bits per heavy atom. The number of hydrogen-bond acceptors (Lipinski definition) is 2. The van der Waals surface area contributed by atoms with E-state index in [1.54, 1.807) is 30.3 Å². The average Bonchev–Trinajstić information content (AvgIpc) is 2.48. The van der Waals surface area contributed by atoms with Crippen molar-refractivity contribution in [2.24, 2.45) is 0 Å². The lowest BCUT2D eigenvalue weighted by Gasteiger charge is -2.04. The van der Waals surface area contributed by atoms with Gasteiger partial charge < -0.3 is 4.98 Å². The number of nitrogens with one attached hydrogen (secondary N) is 1. The fourth-order valence-electron chi connectivity index (χ4n) is 2.26. The number of halogens is 1. The Hall–Kier alpha value is -2.39. The second kappa shape index (κ2) is 5.19. The van der Waals surface area contributed by atoms with E-state index in [-0.39, 0.29) is 16.8 Å². The number of carbonyl (C=O) groups is 1. The van der Waals surface area contributed by atoms with Gasteiger partial charge in [-0.25, -0.2) is 0 Å². The van der Waals surface area contributed by atoms with Crippen LogP contribution in [0.15, 0.2) is 53.5 Å². The van der Waals surface area contributed by atoms with Gasteiger partial charge in [0.05, 0.1) is 5.56 Å². The second-order valence-corrected chi connectivity index (χ2v) is 5.35. The van der Waals surface area contributed by atoms with Gasteiger partial charge in [-0.1, -0.05) is 23.2 Å². The molecule has 0 aliphatic carbocycles. The number of pyridine rings is 1. The van der Waals surface area contributed by atoms with Crippen LogP contribution < -0.4 is 5.43 Å². The summed E-state index contributed by atoms with van der Waals surface area (Å²) in [7, 11) is 0. The number of benzene rings is 2. The van der Waals surface area contributed by atoms with Gasteiger partial charge in [-0.15, -0.1) is 0 Å². The van der Waals surface area contributed by atoms with E-state index >= 15 is 0 Å². The maximum atomic E-state index is 12.5. The van der Waals surface area contributed by atoms with Crippen molar-refractivity contribution in [3.05, 3.63) is 80.6 Å². The summed E-state index contributed by atoms with van der Waals surface area (Å²) in [5.41, 5.74) is 2.02. The van der Waals surface area contributed by atoms with Gasteiger partial charge in [0.2, 0.25) is 5.43 Å². The third-order valence-corrected chi connectivity index (χ3v) is 3.64. The largest absolute Gasteiger partial charge is 0.360 e. The zero-order chi connectivity index (χ0) is 15.0. The molecule has 104 valence electrons. The standard InChI is InChI=1S/C17H12ClNO2/c1-10-2-7-15-13(8-10)17(21)14(9-19-15)16(20)11-3-5-12(18)6-4-11/h2-9H,1H3,(H,19,21). The number of aromatic amines is 1. The van der Waals surface area contributed by atoms with Crippen molar-refractivity contribution in [3.63, 3.8) is 0 Å². The van der Waals surface area contributed by atoms with Crippen LogP contribution in [0.25, 0.3) is 10.9 Å². The summed E-state index contributed by atoms with van der Waals surface area (Å²) in [5, 5.41) is 1.07. The quantitative estimate of drug-likeness (QED) is 0.733. The van der Waals surface area contributed by atoms with Crippen LogP contribution in [0.2, 0.25) is 5.02 Å². The van der Waals surface area contributed by atoms with Crippen LogP contribution in [0, 0.1) is 6.92 Å². The zero-order valence-corrected chi connectivity index (χ0v) is 12.1. The minimum atomic E-state index is -0.309. The van der Waals surface area contributed by atoms with Crippen molar-refractivity contribution in [1.82, 2.24) is 4.98 Å². The first-order chi connectivity index (χ1) is 10.1. The van der Waals surface area contributed by atoms with E-state index in [0.29, 0.717) is 16.0 Å². The Labute approximate surface area is 126 Å². The molecule has 0 amide bonds. The minimum absolute atomic E-state index is 0.135. The normalized spacial score (nSPS) is 10.8. The molecule has 0 bridgehead atoms. The van der Waals surface area contributed by atoms with Crippen molar-refractivity contribution in [2.45, 2.75) is 6.92 Å². The maximum Gasteiger partial charge on any atom is 0.200 e. The minimum Gasteiger partial charge on any atom is -0.360 e. The summed E-state index contributed by atoms with van der Waals surface area (Å²) in [6, 6.07) is 12.0. The van der Waals surface area contributed by atoms with E-state index in [1.807, 2.05) is 19.1 Å². The first kappa shape index (κ1) is 13.6. The molecule has 0 radical (unpaired) electrons. The summed E-state index contributed by atoms with van der Waals surface area (Å²) in [4.78, 5) is 27.9.